The van der Waals surface area contributed by atoms with Crippen LogP contribution in [0.5, 0.6) is 11.5 Å². The zero-order valence-electron chi connectivity index (χ0n) is 31.1. The summed E-state index contributed by atoms with van der Waals surface area (Å²) in [6.07, 6.45) is 18.3. The summed E-state index contributed by atoms with van der Waals surface area (Å²) in [5.74, 6) is 3.71. The van der Waals surface area contributed by atoms with Crippen LogP contribution < -0.4 is 19.3 Å². The Hall–Kier alpha value is -3.60. The predicted molar refractivity (Wildman–Crippen MR) is 201 cm³/mol. The molecule has 5 heteroatoms. The van der Waals surface area contributed by atoms with Crippen LogP contribution in [-0.4, -0.2) is 40.4 Å². The predicted octanol–water partition coefficient (Wildman–Crippen LogP) is 9.96. The zero-order chi connectivity index (χ0) is 34.2. The van der Waals surface area contributed by atoms with E-state index in [2.05, 4.69) is 114 Å². The molecule has 7 rings (SSSR count). The normalized spacial score (nSPS) is 22.9. The summed E-state index contributed by atoms with van der Waals surface area (Å²) < 4.78 is 18.9. The Balaban J connectivity index is 1.19. The van der Waals surface area contributed by atoms with E-state index in [1.54, 1.807) is 0 Å². The van der Waals surface area contributed by atoms with Crippen molar-refractivity contribution in [3.05, 3.63) is 81.3 Å². The molecule has 5 nitrogen and oxygen atoms in total. The highest BCUT2D eigenvalue weighted by Crippen LogP contribution is 2.55. The van der Waals surface area contributed by atoms with Crippen molar-refractivity contribution in [2.24, 2.45) is 0 Å². The van der Waals surface area contributed by atoms with Crippen molar-refractivity contribution in [1.29, 1.82) is 0 Å². The molecule has 5 aliphatic heterocycles. The highest BCUT2D eigenvalue weighted by molar-refractivity contribution is 5.79. The molecule has 0 atom stereocenters. The van der Waals surface area contributed by atoms with E-state index in [9.17, 15) is 0 Å². The quantitative estimate of drug-likeness (QED) is 0.312. The first-order chi connectivity index (χ1) is 22.7. The van der Waals surface area contributed by atoms with Crippen molar-refractivity contribution in [2.75, 3.05) is 50.2 Å². The summed E-state index contributed by atoms with van der Waals surface area (Å²) >= 11 is 0. The van der Waals surface area contributed by atoms with E-state index in [0.717, 1.165) is 92.4 Å². The minimum absolute atomic E-state index is 0.0451. The van der Waals surface area contributed by atoms with Gasteiger partial charge in [0.2, 0.25) is 0 Å². The molecule has 0 unspecified atom stereocenters. The summed E-state index contributed by atoms with van der Waals surface area (Å²) in [4.78, 5) is 5.19. The van der Waals surface area contributed by atoms with E-state index < -0.39 is 0 Å². The number of allylic oxidation sites excluding steroid dienone is 4. The molecule has 0 saturated heterocycles. The minimum atomic E-state index is 0.0451. The molecule has 0 spiro atoms. The maximum atomic E-state index is 6.49. The van der Waals surface area contributed by atoms with Gasteiger partial charge in [-0.3, -0.25) is 0 Å². The Labute approximate surface area is 289 Å². The number of anilines is 2. The summed E-state index contributed by atoms with van der Waals surface area (Å²) in [6, 6.07) is 4.75. The molecule has 0 bridgehead atoms. The summed E-state index contributed by atoms with van der Waals surface area (Å²) in [5.41, 5.74) is 11.0. The molecule has 256 valence electrons. The first kappa shape index (κ1) is 32.9. The maximum Gasteiger partial charge on any atom is 0.131 e. The van der Waals surface area contributed by atoms with Gasteiger partial charge in [-0.1, -0.05) is 55.4 Å². The molecular weight excluding hydrogens is 592 g/mol. The monoisotopic (exact) mass is 648 g/mol. The molecule has 0 saturated carbocycles. The van der Waals surface area contributed by atoms with Crippen LogP contribution in [0.3, 0.4) is 0 Å². The second-order valence-electron chi connectivity index (χ2n) is 17.3. The fourth-order valence-corrected chi connectivity index (χ4v) is 8.89. The summed E-state index contributed by atoms with van der Waals surface area (Å²) in [5, 5.41) is 0. The number of ether oxygens (including phenoxy) is 3. The fraction of sp³-hybridized carbons (Fsp3) is 0.535. The Morgan fingerprint density at radius 3 is 1.31 bits per heavy atom. The molecule has 0 aliphatic carbocycles. The maximum absolute atomic E-state index is 6.49. The first-order valence-electron chi connectivity index (χ1n) is 18.1. The van der Waals surface area contributed by atoms with Gasteiger partial charge in [-0.05, 0) is 113 Å². The molecule has 5 aliphatic rings. The molecule has 2 aromatic carbocycles. The van der Waals surface area contributed by atoms with Crippen LogP contribution in [0.4, 0.5) is 11.4 Å². The standard InChI is InChI=1S/C43H56N2O3/c1-40(2)18-22-44-24-20-42(5,6)34-36(44)32(40)26-28(38(34)46-9)14-16-30-12-11-13-31(48-30)17-15-29-27-33-37-35(39(29)47-10)43(7,8)21-25-45(37)23-19-41(33,3)4/h12-17,26-27H,11,18-25H2,1-10H3. The molecule has 0 N–H and O–H groups in total. The van der Waals surface area contributed by atoms with Crippen molar-refractivity contribution >= 4 is 23.5 Å². The van der Waals surface area contributed by atoms with Crippen molar-refractivity contribution in [2.45, 2.75) is 109 Å². The molecule has 0 fully saturated rings. The van der Waals surface area contributed by atoms with E-state index in [1.165, 1.54) is 33.6 Å². The lowest BCUT2D eigenvalue weighted by Crippen LogP contribution is -2.45. The van der Waals surface area contributed by atoms with Crippen LogP contribution in [0, 0.1) is 0 Å². The average molecular weight is 649 g/mol. The smallest absolute Gasteiger partial charge is 0.131 e. The Kier molecular flexibility index (Phi) is 7.88. The van der Waals surface area contributed by atoms with Gasteiger partial charge in [-0.25, -0.2) is 0 Å². The number of hydrogen-bond donors (Lipinski definition) is 0. The van der Waals surface area contributed by atoms with Gasteiger partial charge in [0.05, 0.1) is 14.2 Å². The molecular formula is C43H56N2O3. The van der Waals surface area contributed by atoms with Gasteiger partial charge >= 0.3 is 0 Å². The van der Waals surface area contributed by atoms with E-state index in [1.807, 2.05) is 14.2 Å². The lowest BCUT2D eigenvalue weighted by molar-refractivity contribution is 0.327. The van der Waals surface area contributed by atoms with Gasteiger partial charge in [0, 0.05) is 59.8 Å². The Morgan fingerprint density at radius 1 is 0.562 bits per heavy atom. The second-order valence-corrected chi connectivity index (χ2v) is 17.3. The molecule has 0 aromatic heterocycles. The van der Waals surface area contributed by atoms with E-state index in [-0.39, 0.29) is 21.7 Å². The highest BCUT2D eigenvalue weighted by Gasteiger charge is 2.44. The van der Waals surface area contributed by atoms with Crippen LogP contribution in [0.2, 0.25) is 0 Å². The molecule has 48 heavy (non-hydrogen) atoms. The Bertz CT molecular complexity index is 1640. The van der Waals surface area contributed by atoms with Crippen LogP contribution in [0.15, 0.2) is 48.0 Å². The first-order valence-corrected chi connectivity index (χ1v) is 18.1. The van der Waals surface area contributed by atoms with Gasteiger partial charge in [-0.15, -0.1) is 0 Å². The molecule has 5 heterocycles. The third-order valence-corrected chi connectivity index (χ3v) is 12.2. The number of methoxy groups -OCH3 is 2. The molecule has 0 amide bonds. The number of benzene rings is 2. The van der Waals surface area contributed by atoms with Crippen LogP contribution >= 0.6 is 0 Å². The topological polar surface area (TPSA) is 34.2 Å². The van der Waals surface area contributed by atoms with Gasteiger partial charge in [0.1, 0.15) is 23.0 Å². The van der Waals surface area contributed by atoms with Gasteiger partial charge in [-0.2, -0.15) is 0 Å². The number of rotatable bonds is 6. The van der Waals surface area contributed by atoms with Crippen molar-refractivity contribution < 1.29 is 14.2 Å². The van der Waals surface area contributed by atoms with E-state index >= 15 is 0 Å². The van der Waals surface area contributed by atoms with Crippen molar-refractivity contribution in [3.63, 3.8) is 0 Å². The third-order valence-electron chi connectivity index (χ3n) is 12.2. The molecule has 2 aromatic rings. The number of nitrogens with zero attached hydrogens (tertiary/aromatic N) is 2. The second kappa shape index (κ2) is 11.5. The summed E-state index contributed by atoms with van der Waals surface area (Å²) in [7, 11) is 3.65. The van der Waals surface area contributed by atoms with Crippen molar-refractivity contribution in [1.82, 2.24) is 0 Å². The minimum Gasteiger partial charge on any atom is -0.496 e. The number of hydrogen-bond acceptors (Lipinski definition) is 5. The largest absolute Gasteiger partial charge is 0.496 e. The third kappa shape index (κ3) is 5.36. The lowest BCUT2D eigenvalue weighted by Gasteiger charge is -2.48. The van der Waals surface area contributed by atoms with Crippen LogP contribution in [0.25, 0.3) is 12.2 Å². The molecule has 0 radical (unpaired) electrons. The summed E-state index contributed by atoms with van der Waals surface area (Å²) in [6.45, 7) is 23.5. The zero-order valence-corrected chi connectivity index (χ0v) is 31.1. The lowest BCUT2D eigenvalue weighted by atomic mass is 9.68. The Morgan fingerprint density at radius 2 is 0.938 bits per heavy atom. The highest BCUT2D eigenvalue weighted by atomic mass is 16.5. The SMILES string of the molecule is COc1c(C=CC2=CCC=C(C=Cc3cc4c5c(c3OC)C(C)(C)CCN5CCC4(C)C)O2)cc2c3c1C(C)(C)CCN3CCC2(C)C. The van der Waals surface area contributed by atoms with Gasteiger partial charge in [0.15, 0.2) is 0 Å². The van der Waals surface area contributed by atoms with Crippen LogP contribution in [0.1, 0.15) is 121 Å². The van der Waals surface area contributed by atoms with E-state index in [0.29, 0.717) is 0 Å². The van der Waals surface area contributed by atoms with Gasteiger partial charge < -0.3 is 24.0 Å². The van der Waals surface area contributed by atoms with Crippen LogP contribution in [-0.2, 0) is 26.4 Å². The van der Waals surface area contributed by atoms with Gasteiger partial charge in [0.25, 0.3) is 0 Å². The fourth-order valence-electron chi connectivity index (χ4n) is 8.89. The van der Waals surface area contributed by atoms with E-state index in [4.69, 9.17) is 14.2 Å². The van der Waals surface area contributed by atoms with Crippen molar-refractivity contribution in [3.8, 4) is 11.5 Å². The average Bonchev–Trinajstić information content (AvgIpc) is 3.04.